The van der Waals surface area contributed by atoms with E-state index in [9.17, 15) is 9.59 Å². The molecule has 0 unspecified atom stereocenters. The molecule has 0 spiro atoms. The van der Waals surface area contributed by atoms with E-state index in [1.807, 2.05) is 30.3 Å². The molecule has 32 heavy (non-hydrogen) atoms. The van der Waals surface area contributed by atoms with Gasteiger partial charge in [-0.2, -0.15) is 0 Å². The molecule has 2 aromatic carbocycles. The lowest BCUT2D eigenvalue weighted by Gasteiger charge is -2.10. The van der Waals surface area contributed by atoms with E-state index in [1.54, 1.807) is 25.3 Å². The molecule has 7 nitrogen and oxygen atoms in total. The van der Waals surface area contributed by atoms with E-state index in [0.717, 1.165) is 12.2 Å². The number of hydrogen-bond acceptors (Lipinski definition) is 5. The van der Waals surface area contributed by atoms with Crippen LogP contribution in [0.3, 0.4) is 0 Å². The Hall–Kier alpha value is -3.06. The van der Waals surface area contributed by atoms with Gasteiger partial charge in [0.2, 0.25) is 5.91 Å². The molecular formula is C25H35N3O4. The molecule has 3 N–H and O–H groups in total. The molecule has 0 atom stereocenters. The highest BCUT2D eigenvalue weighted by Gasteiger charge is 2.07. The Morgan fingerprint density at radius 1 is 0.906 bits per heavy atom. The van der Waals surface area contributed by atoms with Crippen molar-refractivity contribution >= 4 is 23.2 Å². The van der Waals surface area contributed by atoms with Crippen molar-refractivity contribution in [2.75, 3.05) is 44.0 Å². The molecule has 0 saturated carbocycles. The summed E-state index contributed by atoms with van der Waals surface area (Å²) in [6.45, 7) is 3.90. The topological polar surface area (TPSA) is 88.7 Å². The molecule has 0 aliphatic heterocycles. The summed E-state index contributed by atoms with van der Waals surface area (Å²) < 4.78 is 10.7. The van der Waals surface area contributed by atoms with Gasteiger partial charge in [0.25, 0.3) is 5.91 Å². The van der Waals surface area contributed by atoms with Crippen LogP contribution in [0.2, 0.25) is 0 Å². The summed E-state index contributed by atoms with van der Waals surface area (Å²) in [5.41, 5.74) is 1.92. The van der Waals surface area contributed by atoms with Crippen LogP contribution < -0.4 is 20.7 Å². The monoisotopic (exact) mass is 441 g/mol. The van der Waals surface area contributed by atoms with Crippen molar-refractivity contribution in [2.45, 2.75) is 39.0 Å². The van der Waals surface area contributed by atoms with Crippen LogP contribution in [0.5, 0.6) is 5.75 Å². The standard InChI is InChI=1S/C25H35N3O4/c1-3-4-5-6-7-16-32-23-13-11-21(12-14-23)28-24(29)19-27-22-10-8-9-20(18-22)25(30)26-15-17-31-2/h8-14,18,27H,3-7,15-17,19H2,1-2H3,(H,26,30)(H,28,29). The number of amides is 2. The van der Waals surface area contributed by atoms with Crippen molar-refractivity contribution in [1.29, 1.82) is 0 Å². The van der Waals surface area contributed by atoms with Crippen LogP contribution in [-0.4, -0.2) is 45.2 Å². The van der Waals surface area contributed by atoms with Gasteiger partial charge in [-0.3, -0.25) is 9.59 Å². The number of carbonyl (C=O) groups excluding carboxylic acids is 2. The van der Waals surface area contributed by atoms with Gasteiger partial charge in [0.05, 0.1) is 19.8 Å². The Labute approximate surface area is 190 Å². The molecule has 2 aromatic rings. The second-order valence-corrected chi connectivity index (χ2v) is 7.52. The smallest absolute Gasteiger partial charge is 0.251 e. The van der Waals surface area contributed by atoms with Gasteiger partial charge < -0.3 is 25.4 Å². The highest BCUT2D eigenvalue weighted by Crippen LogP contribution is 2.16. The predicted octanol–water partition coefficient (Wildman–Crippen LogP) is 4.46. The summed E-state index contributed by atoms with van der Waals surface area (Å²) in [4.78, 5) is 24.4. The molecule has 0 aromatic heterocycles. The van der Waals surface area contributed by atoms with Gasteiger partial charge in [-0.15, -0.1) is 0 Å². The number of nitrogens with one attached hydrogen (secondary N) is 3. The summed E-state index contributed by atoms with van der Waals surface area (Å²) in [6, 6.07) is 14.4. The zero-order chi connectivity index (χ0) is 23.0. The fourth-order valence-corrected chi connectivity index (χ4v) is 3.06. The first kappa shape index (κ1) is 25.2. The highest BCUT2D eigenvalue weighted by atomic mass is 16.5. The molecule has 174 valence electrons. The van der Waals surface area contributed by atoms with Gasteiger partial charge in [-0.25, -0.2) is 0 Å². The summed E-state index contributed by atoms with van der Waals surface area (Å²) in [5, 5.41) is 8.67. The van der Waals surface area contributed by atoms with Crippen molar-refractivity contribution in [3.05, 3.63) is 54.1 Å². The normalized spacial score (nSPS) is 10.4. The van der Waals surface area contributed by atoms with E-state index in [0.29, 0.717) is 36.7 Å². The minimum Gasteiger partial charge on any atom is -0.494 e. The Balaban J connectivity index is 1.72. The van der Waals surface area contributed by atoms with Gasteiger partial charge >= 0.3 is 0 Å². The lowest BCUT2D eigenvalue weighted by Crippen LogP contribution is -2.27. The molecular weight excluding hydrogens is 406 g/mol. The average Bonchev–Trinajstić information content (AvgIpc) is 2.81. The highest BCUT2D eigenvalue weighted by molar-refractivity contribution is 5.96. The van der Waals surface area contributed by atoms with Gasteiger partial charge in [-0.1, -0.05) is 38.7 Å². The first-order valence-corrected chi connectivity index (χ1v) is 11.3. The van der Waals surface area contributed by atoms with Gasteiger partial charge in [-0.05, 0) is 48.9 Å². The summed E-state index contributed by atoms with van der Waals surface area (Å²) in [7, 11) is 1.58. The molecule has 0 fully saturated rings. The quantitative estimate of drug-likeness (QED) is 0.355. The lowest BCUT2D eigenvalue weighted by molar-refractivity contribution is -0.114. The zero-order valence-corrected chi connectivity index (χ0v) is 19.1. The number of methoxy groups -OCH3 is 1. The first-order chi connectivity index (χ1) is 15.6. The van der Waals surface area contributed by atoms with E-state index in [-0.39, 0.29) is 18.4 Å². The van der Waals surface area contributed by atoms with Gasteiger partial charge in [0.1, 0.15) is 5.75 Å². The largest absolute Gasteiger partial charge is 0.494 e. The maximum atomic E-state index is 12.3. The number of unbranched alkanes of at least 4 members (excludes halogenated alkanes) is 4. The molecule has 2 rings (SSSR count). The minimum absolute atomic E-state index is 0.0881. The van der Waals surface area contributed by atoms with Crippen LogP contribution in [0.1, 0.15) is 49.4 Å². The molecule has 0 aliphatic carbocycles. The van der Waals surface area contributed by atoms with Gasteiger partial charge in [0.15, 0.2) is 0 Å². The van der Waals surface area contributed by atoms with Crippen LogP contribution in [0.25, 0.3) is 0 Å². The third kappa shape index (κ3) is 9.83. The Morgan fingerprint density at radius 2 is 1.69 bits per heavy atom. The Bertz CT molecular complexity index is 824. The van der Waals surface area contributed by atoms with Crippen LogP contribution in [0.15, 0.2) is 48.5 Å². The first-order valence-electron chi connectivity index (χ1n) is 11.3. The Kier molecular flexibility index (Phi) is 11.7. The number of benzene rings is 2. The second kappa shape index (κ2) is 14.9. The molecule has 0 heterocycles. The number of carbonyl (C=O) groups is 2. The summed E-state index contributed by atoms with van der Waals surface area (Å²) in [6.07, 6.45) is 6.02. The summed E-state index contributed by atoms with van der Waals surface area (Å²) >= 11 is 0. The van der Waals surface area contributed by atoms with Crippen LogP contribution in [0, 0.1) is 0 Å². The molecule has 0 aliphatic rings. The molecule has 0 radical (unpaired) electrons. The number of rotatable bonds is 15. The number of ether oxygens (including phenoxy) is 2. The van der Waals surface area contributed by atoms with Crippen molar-refractivity contribution in [2.24, 2.45) is 0 Å². The SMILES string of the molecule is CCCCCCCOc1ccc(NC(=O)CNc2cccc(C(=O)NCCOC)c2)cc1. The van der Waals surface area contributed by atoms with E-state index >= 15 is 0 Å². The second-order valence-electron chi connectivity index (χ2n) is 7.52. The Morgan fingerprint density at radius 3 is 2.44 bits per heavy atom. The molecule has 7 heteroatoms. The number of anilines is 2. The van der Waals surface area contributed by atoms with Crippen molar-refractivity contribution in [3.63, 3.8) is 0 Å². The van der Waals surface area contributed by atoms with E-state index in [4.69, 9.17) is 9.47 Å². The molecule has 2 amide bonds. The van der Waals surface area contributed by atoms with Crippen molar-refractivity contribution in [3.8, 4) is 5.75 Å². The van der Waals surface area contributed by atoms with Crippen LogP contribution >= 0.6 is 0 Å². The fraction of sp³-hybridized carbons (Fsp3) is 0.440. The zero-order valence-electron chi connectivity index (χ0n) is 19.1. The predicted molar refractivity (Wildman–Crippen MR) is 128 cm³/mol. The third-order valence-electron chi connectivity index (χ3n) is 4.82. The fourth-order valence-electron chi connectivity index (χ4n) is 3.06. The van der Waals surface area contributed by atoms with E-state index in [1.165, 1.54) is 25.7 Å². The molecule has 0 bridgehead atoms. The van der Waals surface area contributed by atoms with Crippen LogP contribution in [-0.2, 0) is 9.53 Å². The average molecular weight is 442 g/mol. The lowest BCUT2D eigenvalue weighted by atomic mass is 10.2. The van der Waals surface area contributed by atoms with E-state index < -0.39 is 0 Å². The maximum absolute atomic E-state index is 12.3. The number of hydrogen-bond donors (Lipinski definition) is 3. The summed E-state index contributed by atoms with van der Waals surface area (Å²) in [5.74, 6) is 0.445. The van der Waals surface area contributed by atoms with Crippen molar-refractivity contribution < 1.29 is 19.1 Å². The van der Waals surface area contributed by atoms with Gasteiger partial charge in [0, 0.05) is 30.6 Å². The maximum Gasteiger partial charge on any atom is 0.251 e. The molecule has 0 saturated heterocycles. The van der Waals surface area contributed by atoms with Crippen molar-refractivity contribution in [1.82, 2.24) is 5.32 Å². The minimum atomic E-state index is -0.182. The van der Waals surface area contributed by atoms with Crippen LogP contribution in [0.4, 0.5) is 11.4 Å². The third-order valence-corrected chi connectivity index (χ3v) is 4.82. The van der Waals surface area contributed by atoms with E-state index in [2.05, 4.69) is 22.9 Å².